The molecule has 0 aliphatic heterocycles. The lowest BCUT2D eigenvalue weighted by Crippen LogP contribution is -2.18. The molecule has 0 aliphatic rings. The van der Waals surface area contributed by atoms with Crippen LogP contribution < -0.4 is 4.90 Å². The van der Waals surface area contributed by atoms with E-state index >= 15 is 0 Å². The molecule has 0 unspecified atom stereocenters. The molecule has 0 saturated heterocycles. The Hall–Kier alpha value is -2.44. The number of nitrogens with zero attached hydrogens (tertiary/aromatic N) is 6. The maximum Gasteiger partial charge on any atom is 0.182 e. The number of hydrogen-bond acceptors (Lipinski definition) is 5. The minimum atomic E-state index is 0.680. The van der Waals surface area contributed by atoms with Gasteiger partial charge in [0, 0.05) is 32.4 Å². The highest BCUT2D eigenvalue weighted by Crippen LogP contribution is 2.20. The summed E-state index contributed by atoms with van der Waals surface area (Å²) in [6.45, 7) is 2.75. The van der Waals surface area contributed by atoms with Crippen molar-refractivity contribution in [3.63, 3.8) is 0 Å². The molecule has 7 heteroatoms. The maximum atomic E-state index is 4.35. The predicted octanol–water partition coefficient (Wildman–Crippen LogP) is 1.03. The normalized spacial score (nSPS) is 11.1. The summed E-state index contributed by atoms with van der Waals surface area (Å²) in [6, 6.07) is 0. The number of aromatic amines is 1. The summed E-state index contributed by atoms with van der Waals surface area (Å²) in [7, 11) is 3.92. The van der Waals surface area contributed by atoms with Gasteiger partial charge < -0.3 is 9.88 Å². The zero-order valence-corrected chi connectivity index (χ0v) is 11.1. The third-order valence-corrected chi connectivity index (χ3v) is 3.09. The number of fused-ring (bicyclic) bond motifs is 1. The average molecular weight is 257 g/mol. The van der Waals surface area contributed by atoms with Crippen molar-refractivity contribution in [3.05, 3.63) is 30.1 Å². The fraction of sp³-hybridized carbons (Fsp3) is 0.333. The third-order valence-electron chi connectivity index (χ3n) is 3.09. The van der Waals surface area contributed by atoms with E-state index < -0.39 is 0 Å². The van der Waals surface area contributed by atoms with Crippen LogP contribution in [-0.2, 0) is 13.6 Å². The number of aryl methyl sites for hydroxylation is 2. The molecule has 98 valence electrons. The SMILES string of the molecule is Cc1nn(C)cc1CN(C)c1ncnc2nc[nH]c12. The molecule has 0 fully saturated rings. The van der Waals surface area contributed by atoms with Crippen molar-refractivity contribution < 1.29 is 0 Å². The van der Waals surface area contributed by atoms with E-state index in [0.29, 0.717) is 5.65 Å². The van der Waals surface area contributed by atoms with Crippen molar-refractivity contribution in [3.8, 4) is 0 Å². The summed E-state index contributed by atoms with van der Waals surface area (Å²) in [4.78, 5) is 17.7. The lowest BCUT2D eigenvalue weighted by atomic mass is 10.2. The van der Waals surface area contributed by atoms with Crippen LogP contribution in [0.5, 0.6) is 0 Å². The molecule has 3 heterocycles. The highest BCUT2D eigenvalue weighted by atomic mass is 15.3. The average Bonchev–Trinajstić information content (AvgIpc) is 2.95. The lowest BCUT2D eigenvalue weighted by molar-refractivity contribution is 0.756. The van der Waals surface area contributed by atoms with Crippen molar-refractivity contribution in [2.45, 2.75) is 13.5 Å². The third kappa shape index (κ3) is 2.03. The molecule has 3 aromatic heterocycles. The number of H-pyrrole nitrogens is 1. The van der Waals surface area contributed by atoms with Crippen LogP contribution in [-0.4, -0.2) is 36.8 Å². The van der Waals surface area contributed by atoms with Crippen LogP contribution in [0.25, 0.3) is 11.2 Å². The number of rotatable bonds is 3. The molecular weight excluding hydrogens is 242 g/mol. The Kier molecular flexibility index (Phi) is 2.66. The first-order chi connectivity index (χ1) is 9.15. The van der Waals surface area contributed by atoms with Gasteiger partial charge in [-0.2, -0.15) is 5.10 Å². The summed E-state index contributed by atoms with van der Waals surface area (Å²) in [5, 5.41) is 4.35. The Balaban J connectivity index is 1.94. The number of imidazole rings is 1. The Bertz CT molecular complexity index is 712. The van der Waals surface area contributed by atoms with Gasteiger partial charge >= 0.3 is 0 Å². The topological polar surface area (TPSA) is 75.5 Å². The van der Waals surface area contributed by atoms with Crippen molar-refractivity contribution in [1.29, 1.82) is 0 Å². The van der Waals surface area contributed by atoms with Gasteiger partial charge in [-0.05, 0) is 6.92 Å². The van der Waals surface area contributed by atoms with E-state index in [9.17, 15) is 0 Å². The summed E-state index contributed by atoms with van der Waals surface area (Å²) in [5.74, 6) is 0.839. The van der Waals surface area contributed by atoms with Crippen LogP contribution in [0.4, 0.5) is 5.82 Å². The number of hydrogen-bond donors (Lipinski definition) is 1. The molecular formula is C12H15N7. The molecule has 0 saturated carbocycles. The van der Waals surface area contributed by atoms with Crippen LogP contribution in [0.1, 0.15) is 11.3 Å². The fourth-order valence-electron chi connectivity index (χ4n) is 2.18. The van der Waals surface area contributed by atoms with Gasteiger partial charge in [-0.1, -0.05) is 0 Å². The Labute approximate surface area is 110 Å². The van der Waals surface area contributed by atoms with E-state index in [-0.39, 0.29) is 0 Å². The van der Waals surface area contributed by atoms with Crippen LogP contribution in [0.3, 0.4) is 0 Å². The smallest absolute Gasteiger partial charge is 0.182 e. The zero-order valence-electron chi connectivity index (χ0n) is 11.1. The zero-order chi connectivity index (χ0) is 13.4. The molecule has 0 aliphatic carbocycles. The molecule has 0 bridgehead atoms. The molecule has 3 aromatic rings. The Morgan fingerprint density at radius 2 is 2.16 bits per heavy atom. The van der Waals surface area contributed by atoms with E-state index in [2.05, 4.69) is 29.9 Å². The highest BCUT2D eigenvalue weighted by molar-refractivity contribution is 5.82. The second kappa shape index (κ2) is 4.34. The van der Waals surface area contributed by atoms with E-state index in [1.165, 1.54) is 11.9 Å². The molecule has 0 aromatic carbocycles. The van der Waals surface area contributed by atoms with Gasteiger partial charge in [-0.15, -0.1) is 0 Å². The number of aromatic nitrogens is 6. The Morgan fingerprint density at radius 3 is 2.89 bits per heavy atom. The molecule has 1 N–H and O–H groups in total. The van der Waals surface area contributed by atoms with Gasteiger partial charge in [-0.25, -0.2) is 15.0 Å². The number of nitrogens with one attached hydrogen (secondary N) is 1. The standard InChI is InChI=1S/C12H15N7/c1-8-9(5-19(3)17-8)4-18(2)12-10-11(14-6-13-10)15-7-16-12/h5-7H,4H2,1-3H3,(H,13,14,15,16). The summed E-state index contributed by atoms with van der Waals surface area (Å²) in [5.41, 5.74) is 3.74. The van der Waals surface area contributed by atoms with Crippen molar-refractivity contribution in [2.24, 2.45) is 7.05 Å². The molecule has 3 rings (SSSR count). The second-order valence-electron chi connectivity index (χ2n) is 4.57. The molecule has 0 atom stereocenters. The van der Waals surface area contributed by atoms with Crippen molar-refractivity contribution in [1.82, 2.24) is 29.7 Å². The largest absolute Gasteiger partial charge is 0.353 e. The summed E-state index contributed by atoms with van der Waals surface area (Å²) < 4.78 is 1.82. The first kappa shape index (κ1) is 11.6. The van der Waals surface area contributed by atoms with Crippen LogP contribution in [0.2, 0.25) is 0 Å². The van der Waals surface area contributed by atoms with Gasteiger partial charge in [0.05, 0.1) is 12.0 Å². The van der Waals surface area contributed by atoms with Crippen LogP contribution in [0.15, 0.2) is 18.9 Å². The van der Waals surface area contributed by atoms with Crippen LogP contribution >= 0.6 is 0 Å². The van der Waals surface area contributed by atoms with Crippen LogP contribution in [0, 0.1) is 6.92 Å². The minimum absolute atomic E-state index is 0.680. The van der Waals surface area contributed by atoms with E-state index in [1.807, 2.05) is 31.9 Å². The predicted molar refractivity (Wildman–Crippen MR) is 71.7 cm³/mol. The quantitative estimate of drug-likeness (QED) is 0.758. The maximum absolute atomic E-state index is 4.35. The van der Waals surface area contributed by atoms with E-state index in [1.54, 1.807) is 6.33 Å². The van der Waals surface area contributed by atoms with Gasteiger partial charge in [0.1, 0.15) is 11.8 Å². The van der Waals surface area contributed by atoms with E-state index in [4.69, 9.17) is 0 Å². The van der Waals surface area contributed by atoms with Crippen molar-refractivity contribution >= 4 is 17.0 Å². The van der Waals surface area contributed by atoms with Gasteiger partial charge in [0.25, 0.3) is 0 Å². The number of anilines is 1. The fourth-order valence-corrected chi connectivity index (χ4v) is 2.18. The van der Waals surface area contributed by atoms with Gasteiger partial charge in [-0.3, -0.25) is 4.68 Å². The van der Waals surface area contributed by atoms with Gasteiger partial charge in [0.15, 0.2) is 11.5 Å². The molecule has 0 spiro atoms. The monoisotopic (exact) mass is 257 g/mol. The van der Waals surface area contributed by atoms with Crippen molar-refractivity contribution in [2.75, 3.05) is 11.9 Å². The minimum Gasteiger partial charge on any atom is -0.353 e. The lowest BCUT2D eigenvalue weighted by Gasteiger charge is -2.17. The molecule has 7 nitrogen and oxygen atoms in total. The second-order valence-corrected chi connectivity index (χ2v) is 4.57. The summed E-state index contributed by atoms with van der Waals surface area (Å²) in [6.07, 6.45) is 5.19. The first-order valence-corrected chi connectivity index (χ1v) is 5.99. The molecule has 0 radical (unpaired) electrons. The summed E-state index contributed by atoms with van der Waals surface area (Å²) >= 11 is 0. The molecule has 0 amide bonds. The van der Waals surface area contributed by atoms with Gasteiger partial charge in [0.2, 0.25) is 0 Å². The van der Waals surface area contributed by atoms with E-state index in [0.717, 1.165) is 23.6 Å². The molecule has 19 heavy (non-hydrogen) atoms. The Morgan fingerprint density at radius 1 is 1.32 bits per heavy atom. The highest BCUT2D eigenvalue weighted by Gasteiger charge is 2.12. The first-order valence-electron chi connectivity index (χ1n) is 5.99.